The molecule has 0 radical (unpaired) electrons. The molecule has 2 rings (SSSR count). The van der Waals surface area contributed by atoms with Crippen molar-refractivity contribution in [1.82, 2.24) is 0 Å². The van der Waals surface area contributed by atoms with E-state index in [0.29, 0.717) is 17.5 Å². The highest BCUT2D eigenvalue weighted by atomic mass is 32.2. The SMILES string of the molecule is NCc1cccc(CS(=O)C2CCOCC2)c1. The van der Waals surface area contributed by atoms with Crippen molar-refractivity contribution in [1.29, 1.82) is 0 Å². The average Bonchev–Trinajstić information content (AvgIpc) is 2.40. The molecule has 1 unspecified atom stereocenters. The molecule has 1 aromatic carbocycles. The molecule has 0 spiro atoms. The minimum atomic E-state index is -0.789. The van der Waals surface area contributed by atoms with Gasteiger partial charge in [0.1, 0.15) is 0 Å². The van der Waals surface area contributed by atoms with Gasteiger partial charge in [0.2, 0.25) is 0 Å². The highest BCUT2D eigenvalue weighted by molar-refractivity contribution is 7.84. The fraction of sp³-hybridized carbons (Fsp3) is 0.538. The fourth-order valence-corrected chi connectivity index (χ4v) is 3.53. The average molecular weight is 253 g/mol. The molecule has 1 aliphatic heterocycles. The lowest BCUT2D eigenvalue weighted by molar-refractivity contribution is 0.0992. The van der Waals surface area contributed by atoms with Crippen LogP contribution in [-0.4, -0.2) is 22.7 Å². The predicted octanol–water partition coefficient (Wildman–Crippen LogP) is 1.57. The van der Waals surface area contributed by atoms with Crippen LogP contribution in [0, 0.1) is 0 Å². The maximum atomic E-state index is 12.2. The van der Waals surface area contributed by atoms with Gasteiger partial charge in [-0.1, -0.05) is 24.3 Å². The summed E-state index contributed by atoms with van der Waals surface area (Å²) >= 11 is 0. The molecule has 1 fully saturated rings. The van der Waals surface area contributed by atoms with Gasteiger partial charge in [-0.05, 0) is 24.0 Å². The molecule has 3 nitrogen and oxygen atoms in total. The van der Waals surface area contributed by atoms with Gasteiger partial charge in [0.05, 0.1) is 0 Å². The molecular weight excluding hydrogens is 234 g/mol. The van der Waals surface area contributed by atoms with Gasteiger partial charge in [0.25, 0.3) is 0 Å². The van der Waals surface area contributed by atoms with E-state index in [9.17, 15) is 4.21 Å². The van der Waals surface area contributed by atoms with Crippen molar-refractivity contribution in [3.05, 3.63) is 35.4 Å². The van der Waals surface area contributed by atoms with Crippen molar-refractivity contribution >= 4 is 10.8 Å². The van der Waals surface area contributed by atoms with Crippen molar-refractivity contribution in [3.8, 4) is 0 Å². The normalized spacial score (nSPS) is 19.1. The summed E-state index contributed by atoms with van der Waals surface area (Å²) < 4.78 is 17.5. The first-order valence-corrected chi connectivity index (χ1v) is 7.40. The molecule has 17 heavy (non-hydrogen) atoms. The van der Waals surface area contributed by atoms with Gasteiger partial charge in [-0.15, -0.1) is 0 Å². The summed E-state index contributed by atoms with van der Waals surface area (Å²) in [4.78, 5) is 0. The quantitative estimate of drug-likeness (QED) is 0.886. The summed E-state index contributed by atoms with van der Waals surface area (Å²) in [6, 6.07) is 8.06. The Bertz CT molecular complexity index is 389. The zero-order valence-electron chi connectivity index (χ0n) is 9.93. The molecule has 1 atom stereocenters. The van der Waals surface area contributed by atoms with Crippen molar-refractivity contribution < 1.29 is 8.95 Å². The van der Waals surface area contributed by atoms with Crippen LogP contribution in [0.15, 0.2) is 24.3 Å². The van der Waals surface area contributed by atoms with Crippen LogP contribution >= 0.6 is 0 Å². The topological polar surface area (TPSA) is 52.3 Å². The summed E-state index contributed by atoms with van der Waals surface area (Å²) in [5.41, 5.74) is 7.83. The molecule has 1 aliphatic rings. The van der Waals surface area contributed by atoms with Gasteiger partial charge < -0.3 is 10.5 Å². The molecule has 1 aromatic rings. The van der Waals surface area contributed by atoms with Gasteiger partial charge in [0, 0.05) is 41.6 Å². The Morgan fingerprint density at radius 2 is 2.00 bits per heavy atom. The number of nitrogens with two attached hydrogens (primary N) is 1. The van der Waals surface area contributed by atoms with Crippen LogP contribution < -0.4 is 5.73 Å². The molecule has 0 bridgehead atoms. The molecule has 1 saturated heterocycles. The third kappa shape index (κ3) is 3.63. The Morgan fingerprint density at radius 1 is 1.29 bits per heavy atom. The van der Waals surface area contributed by atoms with Crippen molar-refractivity contribution in [2.75, 3.05) is 13.2 Å². The van der Waals surface area contributed by atoms with Crippen molar-refractivity contribution in [2.24, 2.45) is 5.73 Å². The number of hydrogen-bond donors (Lipinski definition) is 1. The van der Waals surface area contributed by atoms with Crippen LogP contribution in [0.1, 0.15) is 24.0 Å². The third-order valence-electron chi connectivity index (χ3n) is 3.08. The van der Waals surface area contributed by atoms with E-state index in [0.717, 1.165) is 37.2 Å². The van der Waals surface area contributed by atoms with Crippen LogP contribution in [0.25, 0.3) is 0 Å². The molecule has 1 heterocycles. The summed E-state index contributed by atoms with van der Waals surface area (Å²) in [6.07, 6.45) is 1.84. The van der Waals surface area contributed by atoms with E-state index in [2.05, 4.69) is 6.07 Å². The Labute approximate surface area is 105 Å². The minimum absolute atomic E-state index is 0.297. The standard InChI is InChI=1S/C13H19NO2S/c14-9-11-2-1-3-12(8-11)10-17(15)13-4-6-16-7-5-13/h1-3,8,13H,4-7,9-10,14H2. The summed E-state index contributed by atoms with van der Waals surface area (Å²) in [5.74, 6) is 0.637. The van der Waals surface area contributed by atoms with Crippen molar-refractivity contribution in [3.63, 3.8) is 0 Å². The smallest absolute Gasteiger partial charge is 0.0488 e. The minimum Gasteiger partial charge on any atom is -0.381 e. The zero-order valence-corrected chi connectivity index (χ0v) is 10.7. The van der Waals surface area contributed by atoms with Gasteiger partial charge in [-0.2, -0.15) is 0 Å². The van der Waals surface area contributed by atoms with E-state index in [1.807, 2.05) is 18.2 Å². The molecule has 0 aromatic heterocycles. The zero-order chi connectivity index (χ0) is 12.1. The van der Waals surface area contributed by atoms with Crippen LogP contribution in [0.5, 0.6) is 0 Å². The van der Waals surface area contributed by atoms with E-state index in [1.165, 1.54) is 0 Å². The maximum Gasteiger partial charge on any atom is 0.0488 e. The first kappa shape index (κ1) is 12.7. The number of ether oxygens (including phenoxy) is 1. The lowest BCUT2D eigenvalue weighted by Gasteiger charge is -2.21. The number of rotatable bonds is 4. The molecule has 0 aliphatic carbocycles. The van der Waals surface area contributed by atoms with Gasteiger partial charge in [0.15, 0.2) is 0 Å². The largest absolute Gasteiger partial charge is 0.381 e. The molecule has 0 amide bonds. The monoisotopic (exact) mass is 253 g/mol. The predicted molar refractivity (Wildman–Crippen MR) is 70.0 cm³/mol. The van der Waals surface area contributed by atoms with Crippen LogP contribution in [0.4, 0.5) is 0 Å². The molecular formula is C13H19NO2S. The third-order valence-corrected chi connectivity index (χ3v) is 4.91. The molecule has 0 saturated carbocycles. The van der Waals surface area contributed by atoms with Gasteiger partial charge in [-0.3, -0.25) is 4.21 Å². The Balaban J connectivity index is 1.96. The van der Waals surface area contributed by atoms with Gasteiger partial charge in [-0.25, -0.2) is 0 Å². The number of benzene rings is 1. The Hall–Kier alpha value is -0.710. The first-order valence-electron chi connectivity index (χ1n) is 6.02. The van der Waals surface area contributed by atoms with Crippen molar-refractivity contribution in [2.45, 2.75) is 30.4 Å². The van der Waals surface area contributed by atoms with E-state index < -0.39 is 10.8 Å². The van der Waals surface area contributed by atoms with E-state index in [-0.39, 0.29) is 0 Å². The van der Waals surface area contributed by atoms with Gasteiger partial charge >= 0.3 is 0 Å². The highest BCUT2D eigenvalue weighted by Gasteiger charge is 2.20. The summed E-state index contributed by atoms with van der Waals surface area (Å²) in [7, 11) is -0.789. The first-order chi connectivity index (χ1) is 8.29. The van der Waals surface area contributed by atoms with E-state index in [1.54, 1.807) is 0 Å². The second-order valence-corrected chi connectivity index (χ2v) is 6.08. The summed E-state index contributed by atoms with van der Waals surface area (Å²) in [6.45, 7) is 2.04. The highest BCUT2D eigenvalue weighted by Crippen LogP contribution is 2.17. The lowest BCUT2D eigenvalue weighted by atomic mass is 10.1. The second kappa shape index (κ2) is 6.28. The summed E-state index contributed by atoms with van der Waals surface area (Å²) in [5, 5.41) is 0.297. The van der Waals surface area contributed by atoms with E-state index >= 15 is 0 Å². The number of hydrogen-bond acceptors (Lipinski definition) is 3. The van der Waals surface area contributed by atoms with Crippen LogP contribution in [0.3, 0.4) is 0 Å². The molecule has 2 N–H and O–H groups in total. The molecule has 4 heteroatoms. The Kier molecular flexibility index (Phi) is 4.71. The second-order valence-electron chi connectivity index (χ2n) is 4.36. The molecule has 94 valence electrons. The Morgan fingerprint density at radius 3 is 2.71 bits per heavy atom. The maximum absolute atomic E-state index is 12.2. The van der Waals surface area contributed by atoms with Crippen LogP contribution in [-0.2, 0) is 27.8 Å². The van der Waals surface area contributed by atoms with E-state index in [4.69, 9.17) is 10.5 Å². The lowest BCUT2D eigenvalue weighted by Crippen LogP contribution is -2.25. The fourth-order valence-electron chi connectivity index (χ4n) is 2.07. The van der Waals surface area contributed by atoms with Crippen LogP contribution in [0.2, 0.25) is 0 Å².